The third-order valence-corrected chi connectivity index (χ3v) is 5.42. The second-order valence-corrected chi connectivity index (χ2v) is 8.44. The molecule has 0 atom stereocenters. The van der Waals surface area contributed by atoms with E-state index in [2.05, 4.69) is 0 Å². The Morgan fingerprint density at radius 1 is 1.00 bits per heavy atom. The maximum atomic E-state index is 12.3. The minimum Gasteiger partial charge on any atom is -0.345 e. The van der Waals surface area contributed by atoms with Gasteiger partial charge < -0.3 is 4.90 Å². The summed E-state index contributed by atoms with van der Waals surface area (Å²) in [6.45, 7) is -0.00167. The first-order valence-electron chi connectivity index (χ1n) is 7.33. The molecule has 0 saturated heterocycles. The number of sulfonamides is 1. The van der Waals surface area contributed by atoms with Gasteiger partial charge in [-0.25, -0.2) is 8.42 Å². The molecular formula is C17H18Cl2N2O3S. The van der Waals surface area contributed by atoms with E-state index in [1.807, 2.05) is 0 Å². The lowest BCUT2D eigenvalue weighted by Crippen LogP contribution is -2.29. The van der Waals surface area contributed by atoms with Crippen LogP contribution in [0.15, 0.2) is 42.5 Å². The number of nitrogens with zero attached hydrogens (tertiary/aromatic N) is 2. The van der Waals surface area contributed by atoms with E-state index in [1.165, 1.54) is 9.21 Å². The van der Waals surface area contributed by atoms with Crippen LogP contribution in [0.4, 0.5) is 5.69 Å². The van der Waals surface area contributed by atoms with Crippen LogP contribution in [-0.4, -0.2) is 39.6 Å². The fourth-order valence-corrected chi connectivity index (χ4v) is 3.64. The third kappa shape index (κ3) is 4.66. The number of amides is 1. The lowest BCUT2D eigenvalue weighted by Gasteiger charge is -2.24. The van der Waals surface area contributed by atoms with E-state index in [1.54, 1.807) is 56.6 Å². The van der Waals surface area contributed by atoms with Gasteiger partial charge in [0.15, 0.2) is 0 Å². The second kappa shape index (κ2) is 7.64. The van der Waals surface area contributed by atoms with Crippen LogP contribution in [0.2, 0.25) is 10.0 Å². The van der Waals surface area contributed by atoms with Crippen molar-refractivity contribution in [3.63, 3.8) is 0 Å². The summed E-state index contributed by atoms with van der Waals surface area (Å²) in [6, 6.07) is 11.4. The van der Waals surface area contributed by atoms with Gasteiger partial charge in [-0.2, -0.15) is 0 Å². The van der Waals surface area contributed by atoms with E-state index in [4.69, 9.17) is 23.2 Å². The summed E-state index contributed by atoms with van der Waals surface area (Å²) in [5, 5.41) is 0.779. The highest BCUT2D eigenvalue weighted by atomic mass is 35.5. The Labute approximate surface area is 157 Å². The summed E-state index contributed by atoms with van der Waals surface area (Å²) in [5.74, 6) is -0.161. The number of hydrogen-bond acceptors (Lipinski definition) is 3. The Morgan fingerprint density at radius 3 is 1.96 bits per heavy atom. The van der Waals surface area contributed by atoms with Crippen LogP contribution in [-0.2, 0) is 16.6 Å². The van der Waals surface area contributed by atoms with Gasteiger partial charge in [-0.1, -0.05) is 29.3 Å². The first-order valence-corrected chi connectivity index (χ1v) is 9.94. The van der Waals surface area contributed by atoms with Crippen molar-refractivity contribution >= 4 is 44.8 Å². The Bertz CT molecular complexity index is 861. The molecule has 2 aromatic carbocycles. The number of anilines is 1. The number of rotatable bonds is 5. The molecular weight excluding hydrogens is 383 g/mol. The maximum absolute atomic E-state index is 12.3. The van der Waals surface area contributed by atoms with Gasteiger partial charge in [0.1, 0.15) is 0 Å². The fraction of sp³-hybridized carbons (Fsp3) is 0.235. The normalized spacial score (nSPS) is 11.2. The van der Waals surface area contributed by atoms with Crippen molar-refractivity contribution in [2.45, 2.75) is 6.54 Å². The van der Waals surface area contributed by atoms with Crippen LogP contribution in [0.3, 0.4) is 0 Å². The largest absolute Gasteiger partial charge is 0.345 e. The SMILES string of the molecule is CN(C)C(=O)c1ccc(N(Cc2c(Cl)cccc2Cl)S(C)(=O)=O)cc1. The minimum atomic E-state index is -3.58. The molecule has 25 heavy (non-hydrogen) atoms. The van der Waals surface area contributed by atoms with Crippen molar-refractivity contribution in [2.24, 2.45) is 0 Å². The molecule has 5 nitrogen and oxygen atoms in total. The molecule has 8 heteroatoms. The number of carbonyl (C=O) groups excluding carboxylic acids is 1. The van der Waals surface area contributed by atoms with Crippen molar-refractivity contribution in [2.75, 3.05) is 24.7 Å². The van der Waals surface area contributed by atoms with Gasteiger partial charge in [0.2, 0.25) is 10.0 Å². The molecule has 0 N–H and O–H groups in total. The Kier molecular flexibility index (Phi) is 5.98. The Hall–Kier alpha value is -1.76. The zero-order valence-electron chi connectivity index (χ0n) is 14.0. The monoisotopic (exact) mass is 400 g/mol. The molecule has 0 aliphatic carbocycles. The van der Waals surface area contributed by atoms with Crippen LogP contribution in [0.25, 0.3) is 0 Å². The van der Waals surface area contributed by atoms with Gasteiger partial charge in [0.05, 0.1) is 18.5 Å². The Balaban J connectivity index is 2.41. The van der Waals surface area contributed by atoms with Gasteiger partial charge in [0, 0.05) is 35.3 Å². The van der Waals surface area contributed by atoms with E-state index >= 15 is 0 Å². The van der Waals surface area contributed by atoms with Gasteiger partial charge in [-0.3, -0.25) is 9.10 Å². The van der Waals surface area contributed by atoms with E-state index in [0.717, 1.165) is 6.26 Å². The molecule has 0 unspecified atom stereocenters. The quantitative estimate of drug-likeness (QED) is 0.769. The van der Waals surface area contributed by atoms with Crippen LogP contribution >= 0.6 is 23.2 Å². The second-order valence-electron chi connectivity index (χ2n) is 5.72. The highest BCUT2D eigenvalue weighted by Gasteiger charge is 2.21. The Morgan fingerprint density at radius 2 is 1.52 bits per heavy atom. The van der Waals surface area contributed by atoms with Crippen LogP contribution < -0.4 is 4.31 Å². The average Bonchev–Trinajstić information content (AvgIpc) is 2.53. The predicted molar refractivity (Wildman–Crippen MR) is 102 cm³/mol. The average molecular weight is 401 g/mol. The van der Waals surface area contributed by atoms with Crippen LogP contribution in [0.1, 0.15) is 15.9 Å². The van der Waals surface area contributed by atoms with Gasteiger partial charge >= 0.3 is 0 Å². The van der Waals surface area contributed by atoms with Crippen molar-refractivity contribution in [1.82, 2.24) is 4.90 Å². The molecule has 0 fully saturated rings. The number of benzene rings is 2. The van der Waals surface area contributed by atoms with E-state index < -0.39 is 10.0 Å². The van der Waals surface area contributed by atoms with Gasteiger partial charge in [0.25, 0.3) is 5.91 Å². The molecule has 0 saturated carbocycles. The number of hydrogen-bond donors (Lipinski definition) is 0. The first-order chi connectivity index (χ1) is 11.6. The molecule has 1 amide bonds. The summed E-state index contributed by atoms with van der Waals surface area (Å²) in [4.78, 5) is 13.4. The highest BCUT2D eigenvalue weighted by molar-refractivity contribution is 7.92. The molecule has 0 aliphatic rings. The summed E-state index contributed by atoms with van der Waals surface area (Å²) >= 11 is 12.3. The number of carbonyl (C=O) groups is 1. The standard InChI is InChI=1S/C17H18Cl2N2O3S/c1-20(2)17(22)12-7-9-13(10-8-12)21(25(3,23)24)11-14-15(18)5-4-6-16(14)19/h4-10H,11H2,1-3H3. The smallest absolute Gasteiger partial charge is 0.253 e. The van der Waals surface area contributed by atoms with Crippen molar-refractivity contribution in [3.8, 4) is 0 Å². The molecule has 0 bridgehead atoms. The zero-order valence-corrected chi connectivity index (χ0v) is 16.4. The first kappa shape index (κ1) is 19.6. The topological polar surface area (TPSA) is 57.7 Å². The highest BCUT2D eigenvalue weighted by Crippen LogP contribution is 2.29. The van der Waals surface area contributed by atoms with Gasteiger partial charge in [-0.05, 0) is 36.4 Å². The molecule has 0 spiro atoms. The van der Waals surface area contributed by atoms with E-state index in [9.17, 15) is 13.2 Å². The van der Waals surface area contributed by atoms with E-state index in [-0.39, 0.29) is 12.5 Å². The summed E-state index contributed by atoms with van der Waals surface area (Å²) < 4.78 is 25.7. The van der Waals surface area contributed by atoms with E-state index in [0.29, 0.717) is 26.9 Å². The lowest BCUT2D eigenvalue weighted by molar-refractivity contribution is 0.0827. The fourth-order valence-electron chi connectivity index (χ4n) is 2.26. The lowest BCUT2D eigenvalue weighted by atomic mass is 10.1. The molecule has 0 radical (unpaired) electrons. The molecule has 0 aromatic heterocycles. The summed E-state index contributed by atoms with van der Waals surface area (Å²) in [7, 11) is -0.276. The van der Waals surface area contributed by atoms with Gasteiger partial charge in [-0.15, -0.1) is 0 Å². The zero-order chi connectivity index (χ0) is 18.8. The molecule has 0 aliphatic heterocycles. The van der Waals surface area contributed by atoms with Crippen LogP contribution in [0.5, 0.6) is 0 Å². The van der Waals surface area contributed by atoms with Crippen molar-refractivity contribution in [3.05, 3.63) is 63.6 Å². The third-order valence-electron chi connectivity index (χ3n) is 3.57. The minimum absolute atomic E-state index is 0.00167. The molecule has 134 valence electrons. The molecule has 0 heterocycles. The summed E-state index contributed by atoms with van der Waals surface area (Å²) in [6.07, 6.45) is 1.11. The van der Waals surface area contributed by atoms with Crippen molar-refractivity contribution < 1.29 is 13.2 Å². The molecule has 2 aromatic rings. The predicted octanol–water partition coefficient (Wildman–Crippen LogP) is 3.66. The molecule has 2 rings (SSSR count). The van der Waals surface area contributed by atoms with Crippen molar-refractivity contribution in [1.29, 1.82) is 0 Å². The van der Waals surface area contributed by atoms with Crippen LogP contribution in [0, 0.1) is 0 Å². The maximum Gasteiger partial charge on any atom is 0.253 e. The summed E-state index contributed by atoms with van der Waals surface area (Å²) in [5.41, 5.74) is 1.41. The number of halogens is 2.